The quantitative estimate of drug-likeness (QED) is 0.325. The second-order valence-electron chi connectivity index (χ2n) is 6.50. The van der Waals surface area contributed by atoms with Crippen LogP contribution in [0.15, 0.2) is 91.0 Å². The molecule has 0 aliphatic heterocycles. The molecule has 0 radical (unpaired) electrons. The molecule has 4 nitrogen and oxygen atoms in total. The zero-order valence-electron chi connectivity index (χ0n) is 16.0. The van der Waals surface area contributed by atoms with Gasteiger partial charge >= 0.3 is 5.97 Å². The third-order valence-electron chi connectivity index (χ3n) is 4.57. The number of hydrogen-bond donors (Lipinski definition) is 0. The summed E-state index contributed by atoms with van der Waals surface area (Å²) in [5.41, 5.74) is 1.96. The van der Waals surface area contributed by atoms with Crippen LogP contribution in [0.25, 0.3) is 21.9 Å². The average Bonchev–Trinajstić information content (AvgIpc) is 2.78. The summed E-state index contributed by atoms with van der Waals surface area (Å²) in [6.45, 7) is -0.181. The van der Waals surface area contributed by atoms with E-state index in [9.17, 15) is 4.79 Å². The van der Waals surface area contributed by atoms with E-state index in [4.69, 9.17) is 14.2 Å². The summed E-state index contributed by atoms with van der Waals surface area (Å²) >= 11 is 0. The Kier molecular flexibility index (Phi) is 5.43. The van der Waals surface area contributed by atoms with E-state index < -0.39 is 5.97 Å². The zero-order chi connectivity index (χ0) is 20.1. The summed E-state index contributed by atoms with van der Waals surface area (Å²) in [4.78, 5) is 12.3. The minimum atomic E-state index is -0.463. The summed E-state index contributed by atoms with van der Waals surface area (Å²) in [5, 5.41) is 1.98. The number of carbonyl (C=O) groups excluding carboxylic acids is 1. The van der Waals surface area contributed by atoms with Crippen LogP contribution in [0.3, 0.4) is 0 Å². The van der Waals surface area contributed by atoms with Crippen molar-refractivity contribution in [2.75, 3.05) is 13.7 Å². The van der Waals surface area contributed by atoms with Crippen LogP contribution in [0, 0.1) is 0 Å². The summed E-state index contributed by atoms with van der Waals surface area (Å²) in [7, 11) is 1.62. The molecule has 29 heavy (non-hydrogen) atoms. The van der Waals surface area contributed by atoms with Crippen LogP contribution >= 0.6 is 0 Å². The van der Waals surface area contributed by atoms with Gasteiger partial charge in [0.1, 0.15) is 17.2 Å². The molecular weight excluding hydrogens is 364 g/mol. The van der Waals surface area contributed by atoms with Crippen LogP contribution in [0.5, 0.6) is 17.2 Å². The first-order chi connectivity index (χ1) is 14.2. The van der Waals surface area contributed by atoms with Crippen molar-refractivity contribution in [3.8, 4) is 28.4 Å². The normalized spacial score (nSPS) is 10.5. The number of para-hydroxylation sites is 1. The number of benzene rings is 4. The minimum Gasteiger partial charge on any atom is -0.497 e. The maximum absolute atomic E-state index is 12.3. The molecule has 0 N–H and O–H groups in total. The van der Waals surface area contributed by atoms with Gasteiger partial charge in [0.25, 0.3) is 0 Å². The first-order valence-electron chi connectivity index (χ1n) is 9.29. The Bertz CT molecular complexity index is 1140. The van der Waals surface area contributed by atoms with Crippen molar-refractivity contribution in [3.63, 3.8) is 0 Å². The van der Waals surface area contributed by atoms with E-state index in [1.165, 1.54) is 0 Å². The number of hydrogen-bond acceptors (Lipinski definition) is 4. The number of esters is 1. The molecule has 0 aliphatic rings. The molecule has 0 aromatic heterocycles. The third kappa shape index (κ3) is 4.38. The molecule has 4 rings (SSSR count). The lowest BCUT2D eigenvalue weighted by atomic mass is 10.1. The summed E-state index contributed by atoms with van der Waals surface area (Å²) < 4.78 is 16.5. The lowest BCUT2D eigenvalue weighted by Gasteiger charge is -2.11. The van der Waals surface area contributed by atoms with Crippen molar-refractivity contribution >= 4 is 16.7 Å². The Morgan fingerprint density at radius 3 is 2.24 bits per heavy atom. The Morgan fingerprint density at radius 2 is 1.45 bits per heavy atom. The van der Waals surface area contributed by atoms with Crippen molar-refractivity contribution in [2.24, 2.45) is 0 Å². The van der Waals surface area contributed by atoms with E-state index in [1.807, 2.05) is 84.9 Å². The van der Waals surface area contributed by atoms with Gasteiger partial charge in [-0.2, -0.15) is 0 Å². The minimum absolute atomic E-state index is 0.181. The molecule has 0 heterocycles. The highest BCUT2D eigenvalue weighted by Gasteiger charge is 2.10. The Labute approximate surface area is 169 Å². The lowest BCUT2D eigenvalue weighted by molar-refractivity contribution is -0.136. The molecule has 0 fully saturated rings. The first-order valence-corrected chi connectivity index (χ1v) is 9.29. The SMILES string of the molecule is COc1ccc2ccc(OC(=O)COc3ccccc3-c3ccccc3)cc2c1. The van der Waals surface area contributed by atoms with Crippen LogP contribution in [-0.4, -0.2) is 19.7 Å². The monoisotopic (exact) mass is 384 g/mol. The molecule has 4 heteroatoms. The van der Waals surface area contributed by atoms with Crippen LogP contribution in [0.2, 0.25) is 0 Å². The highest BCUT2D eigenvalue weighted by Crippen LogP contribution is 2.29. The van der Waals surface area contributed by atoms with Crippen molar-refractivity contribution < 1.29 is 19.0 Å². The van der Waals surface area contributed by atoms with E-state index in [0.717, 1.165) is 27.6 Å². The fourth-order valence-electron chi connectivity index (χ4n) is 3.14. The standard InChI is InChI=1S/C25H20O4/c1-27-21-13-11-18-12-14-22(16-20(18)15-21)29-25(26)17-28-24-10-6-5-9-23(24)19-7-3-2-4-8-19/h2-16H,17H2,1H3. The predicted molar refractivity (Wildman–Crippen MR) is 114 cm³/mol. The van der Waals surface area contributed by atoms with Gasteiger partial charge in [0.15, 0.2) is 6.61 Å². The van der Waals surface area contributed by atoms with Crippen LogP contribution < -0.4 is 14.2 Å². The maximum Gasteiger partial charge on any atom is 0.349 e. The molecule has 4 aromatic carbocycles. The van der Waals surface area contributed by atoms with E-state index in [2.05, 4.69) is 0 Å². The Balaban J connectivity index is 1.45. The summed E-state index contributed by atoms with van der Waals surface area (Å²) in [5.74, 6) is 1.39. The summed E-state index contributed by atoms with van der Waals surface area (Å²) in [6.07, 6.45) is 0. The number of rotatable bonds is 6. The van der Waals surface area contributed by atoms with Gasteiger partial charge in [-0.3, -0.25) is 0 Å². The topological polar surface area (TPSA) is 44.8 Å². The van der Waals surface area contributed by atoms with E-state index in [0.29, 0.717) is 11.5 Å². The molecule has 0 saturated heterocycles. The fourth-order valence-corrected chi connectivity index (χ4v) is 3.14. The van der Waals surface area contributed by atoms with Gasteiger partial charge < -0.3 is 14.2 Å². The van der Waals surface area contributed by atoms with Crippen molar-refractivity contribution in [1.29, 1.82) is 0 Å². The van der Waals surface area contributed by atoms with E-state index in [-0.39, 0.29) is 6.61 Å². The first kappa shape index (κ1) is 18.6. The lowest BCUT2D eigenvalue weighted by Crippen LogP contribution is -2.17. The number of carbonyl (C=O) groups is 1. The number of methoxy groups -OCH3 is 1. The third-order valence-corrected chi connectivity index (χ3v) is 4.57. The molecule has 0 spiro atoms. The predicted octanol–water partition coefficient (Wildman–Crippen LogP) is 5.50. The molecule has 144 valence electrons. The zero-order valence-corrected chi connectivity index (χ0v) is 16.0. The molecule has 0 amide bonds. The second-order valence-corrected chi connectivity index (χ2v) is 6.50. The number of ether oxygens (including phenoxy) is 3. The van der Waals surface area contributed by atoms with Gasteiger partial charge in [-0.25, -0.2) is 4.79 Å². The maximum atomic E-state index is 12.3. The van der Waals surface area contributed by atoms with Gasteiger partial charge in [0.05, 0.1) is 7.11 Å². The van der Waals surface area contributed by atoms with Gasteiger partial charge in [-0.15, -0.1) is 0 Å². The van der Waals surface area contributed by atoms with Gasteiger partial charge in [0, 0.05) is 5.56 Å². The van der Waals surface area contributed by atoms with Gasteiger partial charge in [0.2, 0.25) is 0 Å². The van der Waals surface area contributed by atoms with Crippen molar-refractivity contribution in [2.45, 2.75) is 0 Å². The molecule has 4 aromatic rings. The van der Waals surface area contributed by atoms with Crippen LogP contribution in [0.4, 0.5) is 0 Å². The van der Waals surface area contributed by atoms with Crippen LogP contribution in [0.1, 0.15) is 0 Å². The molecular formula is C25H20O4. The summed E-state index contributed by atoms with van der Waals surface area (Å²) in [6, 6.07) is 28.8. The highest BCUT2D eigenvalue weighted by molar-refractivity contribution is 5.86. The molecule has 0 saturated carbocycles. The van der Waals surface area contributed by atoms with Crippen molar-refractivity contribution in [3.05, 3.63) is 91.0 Å². The molecule has 0 unspecified atom stereocenters. The van der Waals surface area contributed by atoms with Gasteiger partial charge in [-0.05, 0) is 46.7 Å². The Morgan fingerprint density at radius 1 is 0.759 bits per heavy atom. The largest absolute Gasteiger partial charge is 0.497 e. The Hall–Kier alpha value is -3.79. The van der Waals surface area contributed by atoms with Crippen molar-refractivity contribution in [1.82, 2.24) is 0 Å². The molecule has 0 aliphatic carbocycles. The second kappa shape index (κ2) is 8.48. The highest BCUT2D eigenvalue weighted by atomic mass is 16.6. The fraction of sp³-hybridized carbons (Fsp3) is 0.0800. The number of fused-ring (bicyclic) bond motifs is 1. The average molecular weight is 384 g/mol. The smallest absolute Gasteiger partial charge is 0.349 e. The molecule has 0 atom stereocenters. The van der Waals surface area contributed by atoms with E-state index in [1.54, 1.807) is 13.2 Å². The van der Waals surface area contributed by atoms with Crippen LogP contribution in [-0.2, 0) is 4.79 Å². The van der Waals surface area contributed by atoms with Gasteiger partial charge in [-0.1, -0.05) is 60.7 Å². The molecule has 0 bridgehead atoms. The van der Waals surface area contributed by atoms with E-state index >= 15 is 0 Å².